The second-order valence-electron chi connectivity index (χ2n) is 5.57. The Balaban J connectivity index is 2.24. The molecule has 1 heterocycles. The Bertz CT molecular complexity index is 934. The van der Waals surface area contributed by atoms with Crippen molar-refractivity contribution in [3.05, 3.63) is 45.6 Å². The van der Waals surface area contributed by atoms with Gasteiger partial charge in [-0.25, -0.2) is 4.98 Å². The van der Waals surface area contributed by atoms with Crippen LogP contribution in [0.2, 0.25) is 0 Å². The van der Waals surface area contributed by atoms with Crippen molar-refractivity contribution in [2.75, 3.05) is 20.5 Å². The van der Waals surface area contributed by atoms with Crippen LogP contribution >= 0.6 is 43.6 Å². The van der Waals surface area contributed by atoms with Gasteiger partial charge in [-0.2, -0.15) is 0 Å². The number of benzene rings is 2. The number of halogens is 2. The molecule has 0 atom stereocenters. The van der Waals surface area contributed by atoms with Crippen molar-refractivity contribution in [3.8, 4) is 34.0 Å². The van der Waals surface area contributed by atoms with Gasteiger partial charge in [0.25, 0.3) is 0 Å². The summed E-state index contributed by atoms with van der Waals surface area (Å²) in [7, 11) is 5.35. The van der Waals surface area contributed by atoms with Crippen molar-refractivity contribution in [3.63, 3.8) is 0 Å². The fourth-order valence-corrected chi connectivity index (χ4v) is 5.17. The number of aromatic nitrogens is 2. The molecule has 0 saturated carbocycles. The third kappa shape index (κ3) is 3.40. The Hall–Kier alpha value is -1.44. The summed E-state index contributed by atoms with van der Waals surface area (Å²) < 4.78 is 14.7. The lowest BCUT2D eigenvalue weighted by Crippen LogP contribution is -1.96. The second kappa shape index (κ2) is 8.06. The number of rotatable bonds is 5. The van der Waals surface area contributed by atoms with E-state index in [0.29, 0.717) is 0 Å². The van der Waals surface area contributed by atoms with Gasteiger partial charge >= 0.3 is 0 Å². The summed E-state index contributed by atoms with van der Waals surface area (Å²) in [6.45, 7) is 0. The zero-order chi connectivity index (χ0) is 18.8. The summed E-state index contributed by atoms with van der Waals surface area (Å²) in [5.41, 5.74) is 4.03. The number of nitrogens with zero attached hydrogens (tertiary/aromatic N) is 2. The van der Waals surface area contributed by atoms with Gasteiger partial charge in [-0.05, 0) is 56.3 Å². The monoisotopic (exact) mass is 496 g/mol. The third-order valence-electron chi connectivity index (χ3n) is 4.07. The quantitative estimate of drug-likeness (QED) is 0.404. The van der Waals surface area contributed by atoms with E-state index in [1.807, 2.05) is 42.2 Å². The largest absolute Gasteiger partial charge is 0.496 e. The zero-order valence-corrected chi connectivity index (χ0v) is 18.8. The molecule has 0 aliphatic rings. The first-order chi connectivity index (χ1) is 12.5. The van der Waals surface area contributed by atoms with Crippen LogP contribution in [-0.4, -0.2) is 30.0 Å². The smallest absolute Gasteiger partial charge is 0.147 e. The predicted octanol–water partition coefficient (Wildman–Crippen LogP) is 6.02. The zero-order valence-electron chi connectivity index (χ0n) is 14.8. The van der Waals surface area contributed by atoms with E-state index in [2.05, 4.69) is 49.2 Å². The number of hydrogen-bond donors (Lipinski definition) is 0. The molecule has 0 unspecified atom stereocenters. The van der Waals surface area contributed by atoms with Gasteiger partial charge in [-0.1, -0.05) is 12.1 Å². The fourth-order valence-electron chi connectivity index (χ4n) is 2.92. The molecule has 0 amide bonds. The van der Waals surface area contributed by atoms with Gasteiger partial charge in [-0.15, -0.1) is 11.8 Å². The molecule has 7 heteroatoms. The van der Waals surface area contributed by atoms with Crippen LogP contribution in [0.1, 0.15) is 0 Å². The van der Waals surface area contributed by atoms with Crippen molar-refractivity contribution < 1.29 is 9.47 Å². The fraction of sp³-hybridized carbons (Fsp3) is 0.211. The summed E-state index contributed by atoms with van der Waals surface area (Å²) >= 11 is 8.83. The molecule has 0 radical (unpaired) electrons. The maximum atomic E-state index is 5.55. The van der Waals surface area contributed by atoms with E-state index in [4.69, 9.17) is 9.47 Å². The number of thioether (sulfide) groups is 1. The summed E-state index contributed by atoms with van der Waals surface area (Å²) in [6, 6.07) is 10.1. The van der Waals surface area contributed by atoms with Crippen LogP contribution in [0, 0.1) is 0 Å². The molecule has 136 valence electrons. The molecule has 0 fully saturated rings. The van der Waals surface area contributed by atoms with Gasteiger partial charge in [-0.3, -0.25) is 0 Å². The van der Waals surface area contributed by atoms with Crippen LogP contribution in [0.3, 0.4) is 0 Å². The number of aryl methyl sites for hydroxylation is 1. The molecule has 1 aromatic heterocycles. The summed E-state index contributed by atoms with van der Waals surface area (Å²) in [6.07, 6.45) is 3.89. The van der Waals surface area contributed by atoms with E-state index in [1.54, 1.807) is 26.0 Å². The Morgan fingerprint density at radius 3 is 2.35 bits per heavy atom. The molecule has 0 N–H and O–H groups in total. The maximum absolute atomic E-state index is 5.55. The number of hydrogen-bond acceptors (Lipinski definition) is 4. The molecule has 0 saturated heterocycles. The lowest BCUT2D eigenvalue weighted by atomic mass is 10.0. The van der Waals surface area contributed by atoms with Crippen LogP contribution < -0.4 is 9.47 Å². The lowest BCUT2D eigenvalue weighted by Gasteiger charge is -2.15. The van der Waals surface area contributed by atoms with Crippen molar-refractivity contribution in [1.82, 2.24) is 9.55 Å². The van der Waals surface area contributed by atoms with Crippen LogP contribution in [0.15, 0.2) is 50.5 Å². The minimum Gasteiger partial charge on any atom is -0.496 e. The molecule has 26 heavy (non-hydrogen) atoms. The molecule has 3 rings (SSSR count). The first kappa shape index (κ1) is 19.3. The Labute approximate surface area is 174 Å². The van der Waals surface area contributed by atoms with Crippen LogP contribution in [0.4, 0.5) is 0 Å². The molecule has 0 bridgehead atoms. The van der Waals surface area contributed by atoms with Gasteiger partial charge in [0.2, 0.25) is 0 Å². The highest BCUT2D eigenvalue weighted by Crippen LogP contribution is 2.43. The van der Waals surface area contributed by atoms with Gasteiger partial charge < -0.3 is 14.0 Å². The van der Waals surface area contributed by atoms with Crippen LogP contribution in [0.5, 0.6) is 11.5 Å². The van der Waals surface area contributed by atoms with Crippen molar-refractivity contribution in [1.29, 1.82) is 0 Å². The average molecular weight is 498 g/mol. The standard InChI is InChI=1S/C19H18Br2N2O2S/c1-23-10-22-16(11-8-13(20)18(25-3)14(21)9-11)17(23)12-6-5-7-15(24-2)19(12)26-4/h5-10H,1-4H3. The second-order valence-corrected chi connectivity index (χ2v) is 8.09. The van der Waals surface area contributed by atoms with Gasteiger partial charge in [0.05, 0.1) is 45.8 Å². The van der Waals surface area contributed by atoms with E-state index in [9.17, 15) is 0 Å². The van der Waals surface area contributed by atoms with Crippen molar-refractivity contribution >= 4 is 43.6 Å². The molecule has 0 aliphatic heterocycles. The first-order valence-electron chi connectivity index (χ1n) is 7.77. The number of imidazole rings is 1. The Morgan fingerprint density at radius 2 is 1.77 bits per heavy atom. The van der Waals surface area contributed by atoms with Gasteiger partial charge in [0.15, 0.2) is 0 Å². The summed E-state index contributed by atoms with van der Waals surface area (Å²) in [4.78, 5) is 5.75. The topological polar surface area (TPSA) is 36.3 Å². The Kier molecular flexibility index (Phi) is 5.99. The van der Waals surface area contributed by atoms with Crippen molar-refractivity contribution in [2.45, 2.75) is 4.90 Å². The predicted molar refractivity (Wildman–Crippen MR) is 114 cm³/mol. The first-order valence-corrected chi connectivity index (χ1v) is 10.6. The highest BCUT2D eigenvalue weighted by atomic mass is 79.9. The maximum Gasteiger partial charge on any atom is 0.147 e. The number of ether oxygens (including phenoxy) is 2. The minimum atomic E-state index is 0.761. The third-order valence-corrected chi connectivity index (χ3v) is 6.08. The molecule has 3 aromatic rings. The van der Waals surface area contributed by atoms with E-state index in [-0.39, 0.29) is 0 Å². The van der Waals surface area contributed by atoms with Gasteiger partial charge in [0.1, 0.15) is 11.5 Å². The highest BCUT2D eigenvalue weighted by molar-refractivity contribution is 9.11. The molecule has 4 nitrogen and oxygen atoms in total. The minimum absolute atomic E-state index is 0.761. The molecular weight excluding hydrogens is 480 g/mol. The molecular formula is C19H18Br2N2O2S. The Morgan fingerprint density at radius 1 is 1.08 bits per heavy atom. The van der Waals surface area contributed by atoms with E-state index < -0.39 is 0 Å². The van der Waals surface area contributed by atoms with Crippen LogP contribution in [0.25, 0.3) is 22.5 Å². The molecule has 0 spiro atoms. The molecule has 2 aromatic carbocycles. The van der Waals surface area contributed by atoms with E-state index in [1.165, 1.54) is 0 Å². The normalized spacial score (nSPS) is 10.8. The van der Waals surface area contributed by atoms with Gasteiger partial charge in [0, 0.05) is 18.2 Å². The summed E-state index contributed by atoms with van der Waals surface area (Å²) in [5, 5.41) is 0. The van der Waals surface area contributed by atoms with E-state index in [0.717, 1.165) is 47.9 Å². The summed E-state index contributed by atoms with van der Waals surface area (Å²) in [5.74, 6) is 1.62. The number of methoxy groups -OCH3 is 2. The van der Waals surface area contributed by atoms with E-state index >= 15 is 0 Å². The highest BCUT2D eigenvalue weighted by Gasteiger charge is 2.20. The molecule has 0 aliphatic carbocycles. The van der Waals surface area contributed by atoms with Crippen molar-refractivity contribution in [2.24, 2.45) is 7.05 Å². The SMILES string of the molecule is COc1cccc(-c2c(-c3cc(Br)c(OC)c(Br)c3)ncn2C)c1SC. The lowest BCUT2D eigenvalue weighted by molar-refractivity contribution is 0.405. The average Bonchev–Trinajstić information content (AvgIpc) is 3.02. The van der Waals surface area contributed by atoms with Crippen LogP contribution in [-0.2, 0) is 7.05 Å².